The van der Waals surface area contributed by atoms with Crippen LogP contribution in [0, 0.1) is 10.1 Å². The third-order valence-corrected chi connectivity index (χ3v) is 6.66. The van der Waals surface area contributed by atoms with E-state index in [0.717, 1.165) is 28.6 Å². The van der Waals surface area contributed by atoms with E-state index in [1.54, 1.807) is 0 Å². The summed E-state index contributed by atoms with van der Waals surface area (Å²) in [6, 6.07) is 3.56. The summed E-state index contributed by atoms with van der Waals surface area (Å²) in [7, 11) is -4.00. The zero-order valence-corrected chi connectivity index (χ0v) is 14.2. The molecule has 1 heterocycles. The smallest absolute Gasteiger partial charge is 0.258 e. The van der Waals surface area contributed by atoms with Gasteiger partial charge in [-0.05, 0) is 36.7 Å². The molecule has 2 rings (SSSR count). The normalized spacial score (nSPS) is 20.9. The molecule has 24 heavy (non-hydrogen) atoms. The minimum Gasteiger partial charge on any atom is -0.258 e. The first-order valence-electron chi connectivity index (χ1n) is 7.03. The van der Waals surface area contributed by atoms with Gasteiger partial charge in [0.05, 0.1) is 9.82 Å². The largest absolute Gasteiger partial charge is 0.442 e. The average Bonchev–Trinajstić information content (AvgIpc) is 2.96. The summed E-state index contributed by atoms with van der Waals surface area (Å²) >= 11 is -0.220. The lowest BCUT2D eigenvalue weighted by Gasteiger charge is -2.28. The molecule has 2 atom stereocenters. The van der Waals surface area contributed by atoms with E-state index < -0.39 is 31.7 Å². The van der Waals surface area contributed by atoms with Crippen molar-refractivity contribution in [3.63, 3.8) is 0 Å². The molecule has 0 unspecified atom stereocenters. The highest BCUT2D eigenvalue weighted by atomic mass is 32.2. The third kappa shape index (κ3) is 4.19. The molecular weight excluding hydrogens is 369 g/mol. The molecule has 1 saturated heterocycles. The van der Waals surface area contributed by atoms with E-state index in [0.29, 0.717) is 12.8 Å². The van der Waals surface area contributed by atoms with Crippen LogP contribution in [0.2, 0.25) is 0 Å². The van der Waals surface area contributed by atoms with Crippen molar-refractivity contribution in [2.75, 3.05) is 6.54 Å². The number of hydrogen-bond donors (Lipinski definition) is 0. The maximum Gasteiger partial charge on any atom is 0.442 e. The van der Waals surface area contributed by atoms with Gasteiger partial charge in [-0.2, -0.15) is 17.5 Å². The van der Waals surface area contributed by atoms with Crippen LogP contribution in [0.25, 0.3) is 0 Å². The van der Waals surface area contributed by atoms with Crippen LogP contribution in [0.15, 0.2) is 29.2 Å². The molecule has 1 aliphatic heterocycles. The molecule has 0 N–H and O–H groups in total. The summed E-state index contributed by atoms with van der Waals surface area (Å²) in [5.41, 5.74) is -4.70. The van der Waals surface area contributed by atoms with Crippen molar-refractivity contribution >= 4 is 27.5 Å². The van der Waals surface area contributed by atoms with E-state index in [4.69, 9.17) is 0 Å². The van der Waals surface area contributed by atoms with Crippen molar-refractivity contribution in [3.8, 4) is 0 Å². The Morgan fingerprint density at radius 3 is 2.42 bits per heavy atom. The highest BCUT2D eigenvalue weighted by Gasteiger charge is 2.42. The predicted octanol–water partition coefficient (Wildman–Crippen LogP) is 3.39. The van der Waals surface area contributed by atoms with Crippen LogP contribution in [0.5, 0.6) is 0 Å². The van der Waals surface area contributed by atoms with Gasteiger partial charge in [-0.3, -0.25) is 10.1 Å². The molecule has 1 aromatic carbocycles. The number of halogens is 3. The molecule has 0 saturated carbocycles. The van der Waals surface area contributed by atoms with Crippen LogP contribution in [-0.4, -0.2) is 41.0 Å². The van der Waals surface area contributed by atoms with Gasteiger partial charge in [0.1, 0.15) is 0 Å². The topological polar surface area (TPSA) is 80.5 Å². The SMILES string of the molecule is C[C@H](SC(F)(F)F)[C@H]1CCCN1S(=O)(=O)c1ccc([N+](=O)[O-])cc1. The third-order valence-electron chi connectivity index (χ3n) is 3.76. The Balaban J connectivity index is 2.25. The average molecular weight is 384 g/mol. The van der Waals surface area contributed by atoms with Gasteiger partial charge in [0, 0.05) is 30.0 Å². The highest BCUT2D eigenvalue weighted by molar-refractivity contribution is 8.00. The predicted molar refractivity (Wildman–Crippen MR) is 83.1 cm³/mol. The number of non-ortho nitro benzene ring substituents is 1. The van der Waals surface area contributed by atoms with Crippen molar-refractivity contribution in [1.29, 1.82) is 0 Å². The van der Waals surface area contributed by atoms with E-state index >= 15 is 0 Å². The molecule has 134 valence electrons. The van der Waals surface area contributed by atoms with Gasteiger partial charge in [0.25, 0.3) is 5.69 Å². The molecule has 1 aliphatic rings. The van der Waals surface area contributed by atoms with Crippen molar-refractivity contribution < 1.29 is 26.5 Å². The second-order valence-corrected chi connectivity index (χ2v) is 8.68. The fraction of sp³-hybridized carbons (Fsp3) is 0.538. The number of sulfonamides is 1. The van der Waals surface area contributed by atoms with E-state index in [-0.39, 0.29) is 28.9 Å². The minimum atomic E-state index is -4.44. The van der Waals surface area contributed by atoms with Gasteiger partial charge < -0.3 is 0 Å². The van der Waals surface area contributed by atoms with Gasteiger partial charge in [-0.1, -0.05) is 6.92 Å². The summed E-state index contributed by atoms with van der Waals surface area (Å²) in [4.78, 5) is 9.81. The minimum absolute atomic E-state index is 0.132. The summed E-state index contributed by atoms with van der Waals surface area (Å²) in [6.07, 6.45) is 0.816. The lowest BCUT2D eigenvalue weighted by Crippen LogP contribution is -2.41. The maximum atomic E-state index is 12.7. The zero-order chi connectivity index (χ0) is 18.1. The fourth-order valence-electron chi connectivity index (χ4n) is 2.70. The summed E-state index contributed by atoms with van der Waals surface area (Å²) in [5.74, 6) is 0. The number of thioether (sulfide) groups is 1. The molecule has 0 spiro atoms. The van der Waals surface area contributed by atoms with Gasteiger partial charge in [0.2, 0.25) is 10.0 Å². The van der Waals surface area contributed by atoms with Crippen molar-refractivity contribution in [2.24, 2.45) is 0 Å². The van der Waals surface area contributed by atoms with E-state index in [9.17, 15) is 31.7 Å². The molecule has 0 radical (unpaired) electrons. The lowest BCUT2D eigenvalue weighted by atomic mass is 10.2. The van der Waals surface area contributed by atoms with Gasteiger partial charge >= 0.3 is 5.51 Å². The number of nitro groups is 1. The zero-order valence-electron chi connectivity index (χ0n) is 12.6. The Hall–Kier alpha value is -1.33. The van der Waals surface area contributed by atoms with Crippen LogP contribution in [0.3, 0.4) is 0 Å². The Labute approximate surface area is 141 Å². The highest BCUT2D eigenvalue weighted by Crippen LogP contribution is 2.40. The van der Waals surface area contributed by atoms with Crippen LogP contribution in [0.4, 0.5) is 18.9 Å². The summed E-state index contributed by atoms with van der Waals surface area (Å²) in [5, 5.41) is 9.68. The molecule has 0 bridgehead atoms. The standard InChI is InChI=1S/C13H15F3N2O4S2/c1-9(23-13(14,15)16)12-3-2-8-17(12)24(21,22)11-6-4-10(5-7-11)18(19)20/h4-7,9,12H,2-3,8H2,1H3/t9-,12+/m0/s1. The number of hydrogen-bond acceptors (Lipinski definition) is 5. The Morgan fingerprint density at radius 1 is 1.33 bits per heavy atom. The van der Waals surface area contributed by atoms with E-state index in [1.807, 2.05) is 0 Å². The van der Waals surface area contributed by atoms with Crippen molar-refractivity contribution in [3.05, 3.63) is 34.4 Å². The molecule has 0 aliphatic carbocycles. The van der Waals surface area contributed by atoms with Crippen LogP contribution in [-0.2, 0) is 10.0 Å². The molecule has 0 amide bonds. The Bertz CT molecular complexity index is 707. The lowest BCUT2D eigenvalue weighted by molar-refractivity contribution is -0.384. The molecule has 0 aromatic heterocycles. The summed E-state index contributed by atoms with van der Waals surface area (Å²) in [6.45, 7) is 1.49. The quantitative estimate of drug-likeness (QED) is 0.574. The number of nitro benzene ring substituents is 1. The van der Waals surface area contributed by atoms with Crippen molar-refractivity contribution in [2.45, 2.75) is 41.5 Å². The second kappa shape index (κ2) is 6.89. The van der Waals surface area contributed by atoms with Crippen LogP contribution >= 0.6 is 11.8 Å². The van der Waals surface area contributed by atoms with Gasteiger partial charge in [-0.15, -0.1) is 0 Å². The van der Waals surface area contributed by atoms with E-state index in [2.05, 4.69) is 0 Å². The van der Waals surface area contributed by atoms with Gasteiger partial charge in [0.15, 0.2) is 0 Å². The molecule has 11 heteroatoms. The first kappa shape index (κ1) is 19.0. The fourth-order valence-corrected chi connectivity index (χ4v) is 5.40. The first-order valence-corrected chi connectivity index (χ1v) is 9.35. The van der Waals surface area contributed by atoms with Crippen LogP contribution in [0.1, 0.15) is 19.8 Å². The summed E-state index contributed by atoms with van der Waals surface area (Å²) < 4.78 is 64.1. The number of benzene rings is 1. The molecule has 1 aromatic rings. The monoisotopic (exact) mass is 384 g/mol. The Morgan fingerprint density at radius 2 is 1.92 bits per heavy atom. The number of rotatable bonds is 5. The van der Waals surface area contributed by atoms with Crippen molar-refractivity contribution in [1.82, 2.24) is 4.31 Å². The number of nitrogens with zero attached hydrogens (tertiary/aromatic N) is 2. The molecule has 6 nitrogen and oxygen atoms in total. The molecular formula is C13H15F3N2O4S2. The van der Waals surface area contributed by atoms with Crippen LogP contribution < -0.4 is 0 Å². The first-order chi connectivity index (χ1) is 11.0. The maximum absolute atomic E-state index is 12.7. The second-order valence-electron chi connectivity index (χ2n) is 5.35. The number of alkyl halides is 3. The Kier molecular flexibility index (Phi) is 5.45. The van der Waals surface area contributed by atoms with E-state index in [1.165, 1.54) is 6.92 Å². The molecule has 1 fully saturated rings. The van der Waals surface area contributed by atoms with Gasteiger partial charge in [-0.25, -0.2) is 8.42 Å².